The van der Waals surface area contributed by atoms with Gasteiger partial charge in [-0.2, -0.15) is 0 Å². The maximum absolute atomic E-state index is 12.0. The van der Waals surface area contributed by atoms with Crippen LogP contribution < -0.4 is 5.76 Å². The van der Waals surface area contributed by atoms with E-state index in [9.17, 15) is 9.59 Å². The van der Waals surface area contributed by atoms with Crippen LogP contribution in [0.15, 0.2) is 64.1 Å². The van der Waals surface area contributed by atoms with Gasteiger partial charge in [0, 0.05) is 12.4 Å². The van der Waals surface area contributed by atoms with Gasteiger partial charge in [-0.25, -0.2) is 9.78 Å². The molecule has 0 aliphatic carbocycles. The summed E-state index contributed by atoms with van der Waals surface area (Å²) in [4.78, 5) is 28.2. The monoisotopic (exact) mass is 323 g/mol. The molecule has 3 heterocycles. The van der Waals surface area contributed by atoms with Gasteiger partial charge in [-0.05, 0) is 24.3 Å². The minimum Gasteiger partial charge on any atom is -0.458 e. The Morgan fingerprint density at radius 2 is 2.00 bits per heavy atom. The lowest BCUT2D eigenvalue weighted by molar-refractivity contribution is -0.145. The predicted octanol–water partition coefficient (Wildman–Crippen LogP) is 1.99. The Balaban J connectivity index is 1.48. The van der Waals surface area contributed by atoms with E-state index < -0.39 is 11.7 Å². The number of para-hydroxylation sites is 2. The lowest BCUT2D eigenvalue weighted by atomic mass is 10.3. The third-order valence-corrected chi connectivity index (χ3v) is 3.66. The molecule has 0 bridgehead atoms. The zero-order chi connectivity index (χ0) is 16.5. The number of nitrogens with zero attached hydrogens (tertiary/aromatic N) is 3. The predicted molar refractivity (Wildman–Crippen MR) is 85.5 cm³/mol. The number of benzene rings is 1. The molecule has 3 aromatic heterocycles. The summed E-state index contributed by atoms with van der Waals surface area (Å²) in [5.41, 5.74) is 2.42. The van der Waals surface area contributed by atoms with E-state index in [1.54, 1.807) is 30.5 Å². The first-order valence-electron chi connectivity index (χ1n) is 7.37. The number of oxazole rings is 1. The van der Waals surface area contributed by atoms with Crippen molar-refractivity contribution in [1.82, 2.24) is 14.0 Å². The molecule has 0 aliphatic heterocycles. The fourth-order valence-corrected chi connectivity index (χ4v) is 2.55. The molecule has 7 nitrogen and oxygen atoms in total. The molecular formula is C17H13N3O4. The SMILES string of the molecule is O=C(Cn1c(=O)oc2ccccc21)OCc1cn2ccccc2n1. The Morgan fingerprint density at radius 3 is 2.88 bits per heavy atom. The molecule has 0 saturated carbocycles. The van der Waals surface area contributed by atoms with Gasteiger partial charge < -0.3 is 13.6 Å². The van der Waals surface area contributed by atoms with Crippen molar-refractivity contribution in [3.63, 3.8) is 0 Å². The fraction of sp³-hybridized carbons (Fsp3) is 0.118. The number of esters is 1. The molecule has 7 heteroatoms. The lowest BCUT2D eigenvalue weighted by Crippen LogP contribution is -2.21. The maximum Gasteiger partial charge on any atom is 0.420 e. The molecule has 0 spiro atoms. The highest BCUT2D eigenvalue weighted by Gasteiger charge is 2.13. The summed E-state index contributed by atoms with van der Waals surface area (Å²) in [5, 5.41) is 0. The lowest BCUT2D eigenvalue weighted by Gasteiger charge is -2.03. The van der Waals surface area contributed by atoms with Crippen molar-refractivity contribution < 1.29 is 13.9 Å². The Labute approximate surface area is 135 Å². The maximum atomic E-state index is 12.0. The molecular weight excluding hydrogens is 310 g/mol. The van der Waals surface area contributed by atoms with Crippen LogP contribution in [0.2, 0.25) is 0 Å². The summed E-state index contributed by atoms with van der Waals surface area (Å²) >= 11 is 0. The molecule has 0 N–H and O–H groups in total. The van der Waals surface area contributed by atoms with Gasteiger partial charge in [0.15, 0.2) is 5.58 Å². The zero-order valence-electron chi connectivity index (χ0n) is 12.6. The van der Waals surface area contributed by atoms with Gasteiger partial charge in [-0.3, -0.25) is 9.36 Å². The highest BCUT2D eigenvalue weighted by molar-refractivity contribution is 5.76. The van der Waals surface area contributed by atoms with Crippen LogP contribution in [-0.2, 0) is 22.7 Å². The number of aromatic nitrogens is 3. The van der Waals surface area contributed by atoms with Crippen molar-refractivity contribution in [2.24, 2.45) is 0 Å². The fourth-order valence-electron chi connectivity index (χ4n) is 2.55. The normalized spacial score (nSPS) is 11.2. The molecule has 1 aromatic carbocycles. The number of hydrogen-bond acceptors (Lipinski definition) is 5. The Morgan fingerprint density at radius 1 is 1.17 bits per heavy atom. The number of imidazole rings is 1. The largest absolute Gasteiger partial charge is 0.458 e. The van der Waals surface area contributed by atoms with Gasteiger partial charge >= 0.3 is 11.7 Å². The van der Waals surface area contributed by atoms with Crippen LogP contribution in [0.3, 0.4) is 0 Å². The average molecular weight is 323 g/mol. The number of fused-ring (bicyclic) bond motifs is 2. The molecule has 0 unspecified atom stereocenters. The highest BCUT2D eigenvalue weighted by atomic mass is 16.5. The minimum absolute atomic E-state index is 0.0467. The second-order valence-corrected chi connectivity index (χ2v) is 5.28. The van der Waals surface area contributed by atoms with E-state index in [2.05, 4.69) is 4.98 Å². The first-order chi connectivity index (χ1) is 11.7. The van der Waals surface area contributed by atoms with E-state index in [0.717, 1.165) is 5.65 Å². The standard InChI is InChI=1S/C17H13N3O4/c21-16(10-20-13-5-1-2-6-14(13)24-17(20)22)23-11-12-9-19-8-4-3-7-15(19)18-12/h1-9H,10-11H2. The molecule has 0 saturated heterocycles. The van der Waals surface area contributed by atoms with Crippen molar-refractivity contribution in [1.29, 1.82) is 0 Å². The second-order valence-electron chi connectivity index (χ2n) is 5.28. The van der Waals surface area contributed by atoms with Crippen LogP contribution in [0, 0.1) is 0 Å². The average Bonchev–Trinajstić information content (AvgIpc) is 3.14. The minimum atomic E-state index is -0.583. The molecule has 0 aliphatic rings. The van der Waals surface area contributed by atoms with Gasteiger partial charge in [0.25, 0.3) is 0 Å². The summed E-state index contributed by atoms with van der Waals surface area (Å²) < 4.78 is 13.4. The second kappa shape index (κ2) is 5.69. The molecule has 0 amide bonds. The van der Waals surface area contributed by atoms with Gasteiger partial charge in [0.2, 0.25) is 0 Å². The van der Waals surface area contributed by atoms with Crippen LogP contribution in [0.25, 0.3) is 16.7 Å². The molecule has 0 atom stereocenters. The van der Waals surface area contributed by atoms with Crippen LogP contribution in [-0.4, -0.2) is 19.9 Å². The summed E-state index contributed by atoms with van der Waals surface area (Å²) in [7, 11) is 0. The molecule has 4 aromatic rings. The van der Waals surface area contributed by atoms with Gasteiger partial charge in [0.1, 0.15) is 18.8 Å². The number of carbonyl (C=O) groups excluding carboxylic acids is 1. The van der Waals surface area contributed by atoms with E-state index in [-0.39, 0.29) is 13.2 Å². The molecule has 0 radical (unpaired) electrons. The summed E-state index contributed by atoms with van der Waals surface area (Å²) in [6.45, 7) is -0.158. The smallest absolute Gasteiger partial charge is 0.420 e. The third-order valence-electron chi connectivity index (χ3n) is 3.66. The van der Waals surface area contributed by atoms with Gasteiger partial charge in [-0.1, -0.05) is 18.2 Å². The molecule has 0 fully saturated rings. The van der Waals surface area contributed by atoms with E-state index in [4.69, 9.17) is 9.15 Å². The zero-order valence-corrected chi connectivity index (χ0v) is 12.6. The molecule has 24 heavy (non-hydrogen) atoms. The van der Waals surface area contributed by atoms with Crippen molar-refractivity contribution in [3.05, 3.63) is 71.1 Å². The molecule has 4 rings (SSSR count). The summed E-state index contributed by atoms with van der Waals surface area (Å²) in [6, 6.07) is 12.6. The summed E-state index contributed by atoms with van der Waals surface area (Å²) in [5.74, 6) is -1.11. The van der Waals surface area contributed by atoms with E-state index >= 15 is 0 Å². The number of carbonyl (C=O) groups is 1. The first kappa shape index (κ1) is 14.3. The Bertz CT molecular complexity index is 1060. The molecule has 120 valence electrons. The van der Waals surface area contributed by atoms with Crippen LogP contribution in [0.4, 0.5) is 0 Å². The van der Waals surface area contributed by atoms with Crippen molar-refractivity contribution in [2.45, 2.75) is 13.2 Å². The number of ether oxygens (including phenoxy) is 1. The van der Waals surface area contributed by atoms with Crippen LogP contribution >= 0.6 is 0 Å². The quantitative estimate of drug-likeness (QED) is 0.537. The van der Waals surface area contributed by atoms with Gasteiger partial charge in [-0.15, -0.1) is 0 Å². The summed E-state index contributed by atoms with van der Waals surface area (Å²) in [6.07, 6.45) is 3.66. The van der Waals surface area contributed by atoms with Crippen LogP contribution in [0.5, 0.6) is 0 Å². The number of rotatable bonds is 4. The highest BCUT2D eigenvalue weighted by Crippen LogP contribution is 2.12. The first-order valence-corrected chi connectivity index (χ1v) is 7.37. The Kier molecular flexibility index (Phi) is 3.38. The van der Waals surface area contributed by atoms with Crippen molar-refractivity contribution >= 4 is 22.7 Å². The number of pyridine rings is 1. The van der Waals surface area contributed by atoms with E-state index in [1.165, 1.54) is 4.57 Å². The van der Waals surface area contributed by atoms with Crippen molar-refractivity contribution in [2.75, 3.05) is 0 Å². The Hall–Kier alpha value is -3.35. The van der Waals surface area contributed by atoms with Crippen molar-refractivity contribution in [3.8, 4) is 0 Å². The topological polar surface area (TPSA) is 78.7 Å². The third kappa shape index (κ3) is 2.56. The number of hydrogen-bond donors (Lipinski definition) is 0. The van der Waals surface area contributed by atoms with Gasteiger partial charge in [0.05, 0.1) is 11.2 Å². The van der Waals surface area contributed by atoms with E-state index in [1.807, 2.05) is 28.8 Å². The van der Waals surface area contributed by atoms with Crippen LogP contribution in [0.1, 0.15) is 5.69 Å². The van der Waals surface area contributed by atoms with E-state index in [0.29, 0.717) is 16.8 Å².